The van der Waals surface area contributed by atoms with Crippen LogP contribution in [0.5, 0.6) is 0 Å². The van der Waals surface area contributed by atoms with E-state index in [0.717, 1.165) is 24.2 Å². The molecule has 0 aliphatic carbocycles. The number of hydrogen-bond acceptors (Lipinski definition) is 4. The first-order valence-electron chi connectivity index (χ1n) is 10.2. The molecule has 2 aromatic carbocycles. The van der Waals surface area contributed by atoms with E-state index < -0.39 is 0 Å². The normalized spacial score (nSPS) is 11.1. The molecular formula is C25H27N3O3. The van der Waals surface area contributed by atoms with Gasteiger partial charge in [0.2, 0.25) is 0 Å². The van der Waals surface area contributed by atoms with Crippen LogP contribution >= 0.6 is 0 Å². The first-order valence-corrected chi connectivity index (χ1v) is 10.2. The highest BCUT2D eigenvalue weighted by Gasteiger charge is 2.16. The maximum Gasteiger partial charge on any atom is 0.267 e. The Kier molecular flexibility index (Phi) is 7.65. The van der Waals surface area contributed by atoms with E-state index in [4.69, 9.17) is 4.42 Å². The quantitative estimate of drug-likeness (QED) is 0.408. The zero-order valence-electron chi connectivity index (χ0n) is 17.8. The van der Waals surface area contributed by atoms with Crippen molar-refractivity contribution in [1.29, 1.82) is 0 Å². The van der Waals surface area contributed by atoms with E-state index in [1.165, 1.54) is 12.3 Å². The molecule has 31 heavy (non-hydrogen) atoms. The number of hydrogen-bond donors (Lipinski definition) is 2. The van der Waals surface area contributed by atoms with Crippen molar-refractivity contribution in [3.05, 3.63) is 95.6 Å². The lowest BCUT2D eigenvalue weighted by Crippen LogP contribution is -2.36. The van der Waals surface area contributed by atoms with Gasteiger partial charge in [0.15, 0.2) is 0 Å². The number of furan rings is 1. The summed E-state index contributed by atoms with van der Waals surface area (Å²) in [4.78, 5) is 27.6. The summed E-state index contributed by atoms with van der Waals surface area (Å²) in [6, 6.07) is 20.8. The molecule has 2 amide bonds. The molecule has 1 aromatic heterocycles. The van der Waals surface area contributed by atoms with E-state index in [9.17, 15) is 9.59 Å². The minimum absolute atomic E-state index is 0.139. The molecule has 0 atom stereocenters. The van der Waals surface area contributed by atoms with Crippen LogP contribution in [0.2, 0.25) is 0 Å². The molecule has 3 rings (SSSR count). The highest BCUT2D eigenvalue weighted by Crippen LogP contribution is 2.12. The van der Waals surface area contributed by atoms with E-state index >= 15 is 0 Å². The van der Waals surface area contributed by atoms with Gasteiger partial charge in [0.1, 0.15) is 11.5 Å². The molecule has 0 aliphatic rings. The van der Waals surface area contributed by atoms with Crippen molar-refractivity contribution in [2.24, 2.45) is 0 Å². The molecule has 0 radical (unpaired) electrons. The predicted molar refractivity (Wildman–Crippen MR) is 123 cm³/mol. The van der Waals surface area contributed by atoms with E-state index in [0.29, 0.717) is 17.9 Å². The molecule has 0 spiro atoms. The molecule has 0 saturated heterocycles. The van der Waals surface area contributed by atoms with Gasteiger partial charge in [0.25, 0.3) is 11.8 Å². The third kappa shape index (κ3) is 6.34. The first-order chi connectivity index (χ1) is 15.0. The Bertz CT molecular complexity index is 1030. The highest BCUT2D eigenvalue weighted by atomic mass is 16.3. The number of anilines is 1. The molecule has 0 aliphatic heterocycles. The smallest absolute Gasteiger partial charge is 0.267 e. The molecular weight excluding hydrogens is 390 g/mol. The number of carbonyl (C=O) groups is 2. The topological polar surface area (TPSA) is 74.6 Å². The maximum absolute atomic E-state index is 12.8. The summed E-state index contributed by atoms with van der Waals surface area (Å²) < 4.78 is 5.32. The molecule has 160 valence electrons. The van der Waals surface area contributed by atoms with Crippen LogP contribution in [0, 0.1) is 6.92 Å². The lowest BCUT2D eigenvalue weighted by molar-refractivity contribution is -0.117. The number of nitrogens with zero attached hydrogens (tertiary/aromatic N) is 1. The van der Waals surface area contributed by atoms with Gasteiger partial charge in [-0.1, -0.05) is 36.4 Å². The number of nitrogens with one attached hydrogen (secondary N) is 2. The summed E-state index contributed by atoms with van der Waals surface area (Å²) in [6.45, 7) is 3.12. The van der Waals surface area contributed by atoms with Crippen LogP contribution in [-0.2, 0) is 4.79 Å². The molecule has 0 unspecified atom stereocenters. The second-order valence-corrected chi connectivity index (χ2v) is 7.21. The van der Waals surface area contributed by atoms with Crippen LogP contribution in [0.1, 0.15) is 28.1 Å². The predicted octanol–water partition coefficient (Wildman–Crippen LogP) is 4.00. The average Bonchev–Trinajstić information content (AvgIpc) is 3.30. The first kappa shape index (κ1) is 21.9. The number of para-hydroxylation sites is 1. The molecule has 6 heteroatoms. The van der Waals surface area contributed by atoms with Gasteiger partial charge in [-0.3, -0.25) is 9.59 Å². The van der Waals surface area contributed by atoms with E-state index in [1.54, 1.807) is 24.3 Å². The van der Waals surface area contributed by atoms with Crippen LogP contribution in [0.15, 0.2) is 83.1 Å². The Labute approximate surface area is 182 Å². The Morgan fingerprint density at radius 2 is 1.74 bits per heavy atom. The minimum atomic E-state index is -0.360. The van der Waals surface area contributed by atoms with Crippen molar-refractivity contribution < 1.29 is 14.0 Å². The average molecular weight is 418 g/mol. The fourth-order valence-corrected chi connectivity index (χ4v) is 3.12. The van der Waals surface area contributed by atoms with Gasteiger partial charge in [-0.25, -0.2) is 0 Å². The van der Waals surface area contributed by atoms with Crippen molar-refractivity contribution in [2.75, 3.05) is 25.0 Å². The van der Waals surface area contributed by atoms with E-state index in [2.05, 4.69) is 15.5 Å². The van der Waals surface area contributed by atoms with Crippen LogP contribution in [-0.4, -0.2) is 32.0 Å². The van der Waals surface area contributed by atoms with Gasteiger partial charge in [-0.05, 0) is 49.2 Å². The number of carbonyl (C=O) groups excluding carboxylic acids is 2. The highest BCUT2D eigenvalue weighted by molar-refractivity contribution is 6.05. The third-order valence-electron chi connectivity index (χ3n) is 4.87. The van der Waals surface area contributed by atoms with Crippen molar-refractivity contribution in [3.63, 3.8) is 0 Å². The van der Waals surface area contributed by atoms with Crippen LogP contribution in [0.25, 0.3) is 6.08 Å². The molecule has 0 fully saturated rings. The van der Waals surface area contributed by atoms with Crippen molar-refractivity contribution in [2.45, 2.75) is 13.3 Å². The van der Waals surface area contributed by atoms with Gasteiger partial charge in [-0.2, -0.15) is 0 Å². The second-order valence-electron chi connectivity index (χ2n) is 7.21. The number of aryl methyl sites for hydroxylation is 1. The SMILES string of the molecule is Cc1ccccc1C(=O)N/C(=C\c1ccco1)C(=O)NCCCN(C)c1ccccc1. The summed E-state index contributed by atoms with van der Waals surface area (Å²) in [5.74, 6) is -0.213. The number of amides is 2. The summed E-state index contributed by atoms with van der Waals surface area (Å²) >= 11 is 0. The number of benzene rings is 2. The van der Waals surface area contributed by atoms with E-state index in [-0.39, 0.29) is 17.5 Å². The molecule has 0 bridgehead atoms. The Balaban J connectivity index is 1.60. The lowest BCUT2D eigenvalue weighted by Gasteiger charge is -2.19. The molecule has 2 N–H and O–H groups in total. The van der Waals surface area contributed by atoms with Crippen LogP contribution < -0.4 is 15.5 Å². The molecule has 0 saturated carbocycles. The largest absolute Gasteiger partial charge is 0.465 e. The van der Waals surface area contributed by atoms with Gasteiger partial charge in [0.05, 0.1) is 6.26 Å². The summed E-state index contributed by atoms with van der Waals surface area (Å²) in [5, 5.41) is 5.61. The van der Waals surface area contributed by atoms with Crippen LogP contribution in [0.4, 0.5) is 5.69 Å². The van der Waals surface area contributed by atoms with Crippen LogP contribution in [0.3, 0.4) is 0 Å². The maximum atomic E-state index is 12.8. The summed E-state index contributed by atoms with van der Waals surface area (Å²) in [5.41, 5.74) is 2.61. The second kappa shape index (κ2) is 10.8. The van der Waals surface area contributed by atoms with Gasteiger partial charge >= 0.3 is 0 Å². The third-order valence-corrected chi connectivity index (χ3v) is 4.87. The molecule has 3 aromatic rings. The van der Waals surface area contributed by atoms with Gasteiger partial charge in [-0.15, -0.1) is 0 Å². The summed E-state index contributed by atoms with van der Waals surface area (Å²) in [6.07, 6.45) is 3.81. The molecule has 6 nitrogen and oxygen atoms in total. The van der Waals surface area contributed by atoms with Gasteiger partial charge < -0.3 is 20.0 Å². The monoisotopic (exact) mass is 417 g/mol. The van der Waals surface area contributed by atoms with E-state index in [1.807, 2.05) is 56.4 Å². The Hall–Kier alpha value is -3.80. The standard InChI is InChI=1S/C25H27N3O3/c1-19-10-6-7-14-22(19)24(29)27-23(18-21-13-8-17-31-21)25(30)26-15-9-16-28(2)20-11-4-3-5-12-20/h3-8,10-14,17-18H,9,15-16H2,1-2H3,(H,26,30)(H,27,29)/b23-18-. The molecule has 1 heterocycles. The Morgan fingerprint density at radius 1 is 1.00 bits per heavy atom. The van der Waals surface area contributed by atoms with Crippen molar-refractivity contribution in [3.8, 4) is 0 Å². The van der Waals surface area contributed by atoms with Gasteiger partial charge in [0, 0.05) is 37.5 Å². The minimum Gasteiger partial charge on any atom is -0.465 e. The van der Waals surface area contributed by atoms with Crippen molar-refractivity contribution in [1.82, 2.24) is 10.6 Å². The Morgan fingerprint density at radius 3 is 2.45 bits per heavy atom. The zero-order valence-corrected chi connectivity index (χ0v) is 17.8. The number of rotatable bonds is 9. The fraction of sp³-hybridized carbons (Fsp3) is 0.200. The lowest BCUT2D eigenvalue weighted by atomic mass is 10.1. The fourth-order valence-electron chi connectivity index (χ4n) is 3.12. The van der Waals surface area contributed by atoms with Crippen molar-refractivity contribution >= 4 is 23.6 Å². The zero-order chi connectivity index (χ0) is 22.1. The summed E-state index contributed by atoms with van der Waals surface area (Å²) in [7, 11) is 2.02.